The lowest BCUT2D eigenvalue weighted by Gasteiger charge is -2.13. The number of thioether (sulfide) groups is 1. The van der Waals surface area contributed by atoms with Crippen LogP contribution in [0.2, 0.25) is 0 Å². The van der Waals surface area contributed by atoms with Gasteiger partial charge >= 0.3 is 0 Å². The largest absolute Gasteiger partial charge is 0.270 e. The van der Waals surface area contributed by atoms with Gasteiger partial charge in [-0.15, -0.1) is 0 Å². The van der Waals surface area contributed by atoms with E-state index < -0.39 is 4.92 Å². The van der Waals surface area contributed by atoms with E-state index in [4.69, 9.17) is 12.2 Å². The number of nitro benzene ring substituents is 1. The van der Waals surface area contributed by atoms with Crippen molar-refractivity contribution in [3.05, 3.63) is 87.3 Å². The number of non-ortho nitro benzene ring substituents is 1. The fraction of sp³-hybridized carbons (Fsp3) is 0. The second kappa shape index (κ2) is 7.42. The van der Waals surface area contributed by atoms with Gasteiger partial charge in [0, 0.05) is 12.1 Å². The maximum absolute atomic E-state index is 12.6. The fourth-order valence-corrected chi connectivity index (χ4v) is 3.49. The van der Waals surface area contributed by atoms with E-state index in [1.165, 1.54) is 40.9 Å². The Kier molecular flexibility index (Phi) is 5.06. The molecule has 0 aromatic heterocycles. The number of thiocarbonyl (C=S) groups is 1. The number of carbonyl (C=O) groups is 1. The minimum atomic E-state index is -0.484. The van der Waals surface area contributed by atoms with E-state index in [1.807, 2.05) is 36.4 Å². The third-order valence-corrected chi connectivity index (χ3v) is 4.77. The smallest absolute Gasteiger partial charge is 0.268 e. The SMILES string of the molecule is O=C1/C(=C/C=C/c2ccccc2)SC(=S)N1c1ccc([N+](=O)[O-])cc1. The molecule has 0 aliphatic carbocycles. The first-order valence-electron chi connectivity index (χ1n) is 7.30. The lowest BCUT2D eigenvalue weighted by Crippen LogP contribution is -2.27. The summed E-state index contributed by atoms with van der Waals surface area (Å²) in [5.74, 6) is -0.235. The van der Waals surface area contributed by atoms with Crippen LogP contribution < -0.4 is 4.90 Å². The molecular weight excluding hydrogens is 356 g/mol. The summed E-state index contributed by atoms with van der Waals surface area (Å²) in [4.78, 5) is 24.7. The number of amides is 1. The van der Waals surface area contributed by atoms with E-state index >= 15 is 0 Å². The highest BCUT2D eigenvalue weighted by Crippen LogP contribution is 2.35. The third-order valence-electron chi connectivity index (χ3n) is 3.45. The van der Waals surface area contributed by atoms with Crippen LogP contribution >= 0.6 is 24.0 Å². The summed E-state index contributed by atoms with van der Waals surface area (Å²) in [5.41, 5.74) is 1.52. The second-order valence-corrected chi connectivity index (χ2v) is 6.76. The standard InChI is InChI=1S/C18H12N2O3S2/c21-17-16(8-4-7-13-5-2-1-3-6-13)25-18(24)19(17)14-9-11-15(12-10-14)20(22)23/h1-12H/b7-4+,16-8-. The van der Waals surface area contributed by atoms with Crippen LogP contribution in [-0.2, 0) is 4.79 Å². The topological polar surface area (TPSA) is 63.5 Å². The zero-order valence-electron chi connectivity index (χ0n) is 12.9. The minimum Gasteiger partial charge on any atom is -0.268 e. The van der Waals surface area contributed by atoms with Crippen LogP contribution in [0.25, 0.3) is 6.08 Å². The molecule has 0 saturated carbocycles. The highest BCUT2D eigenvalue weighted by molar-refractivity contribution is 8.27. The van der Waals surface area contributed by atoms with Crippen molar-refractivity contribution in [3.8, 4) is 0 Å². The fourth-order valence-electron chi connectivity index (χ4n) is 2.24. The van der Waals surface area contributed by atoms with Crippen molar-refractivity contribution in [2.24, 2.45) is 0 Å². The van der Waals surface area contributed by atoms with Gasteiger partial charge in [0.2, 0.25) is 0 Å². The molecule has 7 heteroatoms. The van der Waals surface area contributed by atoms with E-state index in [9.17, 15) is 14.9 Å². The Labute approximate surface area is 153 Å². The molecule has 1 amide bonds. The van der Waals surface area contributed by atoms with Gasteiger partial charge in [0.15, 0.2) is 4.32 Å². The quantitative estimate of drug-likeness (QED) is 0.343. The van der Waals surface area contributed by atoms with Crippen LogP contribution in [0.4, 0.5) is 11.4 Å². The molecular formula is C18H12N2O3S2. The van der Waals surface area contributed by atoms with Crippen molar-refractivity contribution in [2.75, 3.05) is 4.90 Å². The molecule has 0 bridgehead atoms. The van der Waals surface area contributed by atoms with Crippen molar-refractivity contribution < 1.29 is 9.72 Å². The molecule has 1 fully saturated rings. The molecule has 0 spiro atoms. The number of hydrogen-bond donors (Lipinski definition) is 0. The van der Waals surface area contributed by atoms with Gasteiger partial charge in [-0.3, -0.25) is 19.8 Å². The van der Waals surface area contributed by atoms with Gasteiger partial charge in [-0.05, 0) is 23.8 Å². The van der Waals surface area contributed by atoms with Gasteiger partial charge < -0.3 is 0 Å². The zero-order valence-corrected chi connectivity index (χ0v) is 14.5. The van der Waals surface area contributed by atoms with Gasteiger partial charge in [0.1, 0.15) is 0 Å². The Morgan fingerprint density at radius 1 is 1.08 bits per heavy atom. The molecule has 124 valence electrons. The number of rotatable bonds is 4. The number of hydrogen-bond acceptors (Lipinski definition) is 5. The van der Waals surface area contributed by atoms with Crippen molar-refractivity contribution in [1.29, 1.82) is 0 Å². The molecule has 3 rings (SSSR count). The summed E-state index contributed by atoms with van der Waals surface area (Å²) in [6.45, 7) is 0. The number of nitrogens with zero attached hydrogens (tertiary/aromatic N) is 2. The molecule has 5 nitrogen and oxygen atoms in total. The molecule has 1 aliphatic heterocycles. The van der Waals surface area contributed by atoms with E-state index in [0.29, 0.717) is 14.9 Å². The molecule has 1 saturated heterocycles. The van der Waals surface area contributed by atoms with Crippen LogP contribution in [0.3, 0.4) is 0 Å². The van der Waals surface area contributed by atoms with Crippen molar-refractivity contribution in [2.45, 2.75) is 0 Å². The maximum Gasteiger partial charge on any atom is 0.270 e. The van der Waals surface area contributed by atoms with Gasteiger partial charge in [-0.25, -0.2) is 0 Å². The average molecular weight is 368 g/mol. The number of benzene rings is 2. The van der Waals surface area contributed by atoms with Crippen molar-refractivity contribution >= 4 is 51.7 Å². The van der Waals surface area contributed by atoms with Crippen molar-refractivity contribution in [1.82, 2.24) is 0 Å². The summed E-state index contributed by atoms with van der Waals surface area (Å²) < 4.78 is 0.401. The predicted molar refractivity (Wildman–Crippen MR) is 104 cm³/mol. The highest BCUT2D eigenvalue weighted by Gasteiger charge is 2.33. The summed E-state index contributed by atoms with van der Waals surface area (Å²) in [5, 5.41) is 10.7. The molecule has 25 heavy (non-hydrogen) atoms. The Morgan fingerprint density at radius 3 is 2.40 bits per heavy atom. The van der Waals surface area contributed by atoms with Crippen LogP contribution in [-0.4, -0.2) is 15.2 Å². The molecule has 0 unspecified atom stereocenters. The first-order chi connectivity index (χ1) is 12.1. The summed E-state index contributed by atoms with van der Waals surface area (Å²) >= 11 is 6.48. The Balaban J connectivity index is 1.79. The average Bonchev–Trinajstić information content (AvgIpc) is 2.90. The molecule has 0 radical (unpaired) electrons. The normalized spacial score (nSPS) is 16.2. The highest BCUT2D eigenvalue weighted by atomic mass is 32.2. The zero-order chi connectivity index (χ0) is 17.8. The van der Waals surface area contributed by atoms with Crippen LogP contribution in [0, 0.1) is 10.1 Å². The molecule has 0 N–H and O–H groups in total. The van der Waals surface area contributed by atoms with Gasteiger partial charge in [0.25, 0.3) is 11.6 Å². The molecule has 1 heterocycles. The van der Waals surface area contributed by atoms with Crippen LogP contribution in [0.15, 0.2) is 71.7 Å². The molecule has 0 atom stereocenters. The van der Waals surface area contributed by atoms with Gasteiger partial charge in [-0.1, -0.05) is 66.5 Å². The Bertz CT molecular complexity index is 890. The van der Waals surface area contributed by atoms with E-state index in [-0.39, 0.29) is 11.6 Å². The minimum absolute atomic E-state index is 0.0319. The Morgan fingerprint density at radius 2 is 1.76 bits per heavy atom. The van der Waals surface area contributed by atoms with Crippen LogP contribution in [0.5, 0.6) is 0 Å². The maximum atomic E-state index is 12.6. The lowest BCUT2D eigenvalue weighted by molar-refractivity contribution is -0.384. The number of nitro groups is 1. The van der Waals surface area contributed by atoms with E-state index in [1.54, 1.807) is 12.2 Å². The van der Waals surface area contributed by atoms with E-state index in [2.05, 4.69) is 0 Å². The Hall–Kier alpha value is -2.77. The summed E-state index contributed by atoms with van der Waals surface area (Å²) in [7, 11) is 0. The monoisotopic (exact) mass is 368 g/mol. The van der Waals surface area contributed by atoms with Gasteiger partial charge in [0.05, 0.1) is 15.5 Å². The number of anilines is 1. The predicted octanol–water partition coefficient (Wildman–Crippen LogP) is 4.56. The first kappa shape index (κ1) is 17.1. The second-order valence-electron chi connectivity index (χ2n) is 5.08. The van der Waals surface area contributed by atoms with Gasteiger partial charge in [-0.2, -0.15) is 0 Å². The first-order valence-corrected chi connectivity index (χ1v) is 8.53. The molecule has 1 aliphatic rings. The van der Waals surface area contributed by atoms with Crippen molar-refractivity contribution in [3.63, 3.8) is 0 Å². The molecule has 2 aromatic carbocycles. The van der Waals surface area contributed by atoms with Crippen LogP contribution in [0.1, 0.15) is 5.56 Å². The third kappa shape index (κ3) is 3.84. The summed E-state index contributed by atoms with van der Waals surface area (Å²) in [6, 6.07) is 15.5. The summed E-state index contributed by atoms with van der Waals surface area (Å²) in [6.07, 6.45) is 5.42. The number of allylic oxidation sites excluding steroid dienone is 2. The number of carbonyl (C=O) groups excluding carboxylic acids is 1. The molecule has 2 aromatic rings. The van der Waals surface area contributed by atoms with E-state index in [0.717, 1.165) is 5.56 Å². The lowest BCUT2D eigenvalue weighted by atomic mass is 10.2.